The van der Waals surface area contributed by atoms with Gasteiger partial charge in [0, 0.05) is 31.3 Å². The number of piperidine rings is 2. The number of cyclic esters (lactones) is 1. The lowest BCUT2D eigenvalue weighted by atomic mass is 9.71. The molecular formula is C25H29N5O3. The number of nitrogens with zero attached hydrogens (tertiary/aromatic N) is 5. The first-order valence-electron chi connectivity index (χ1n) is 11.6. The number of likely N-dealkylation sites (tertiary alicyclic amines) is 1. The molecule has 2 aromatic rings. The van der Waals surface area contributed by atoms with Gasteiger partial charge in [-0.15, -0.1) is 0 Å². The van der Waals surface area contributed by atoms with E-state index < -0.39 is 6.10 Å². The molecule has 0 amide bonds. The predicted molar refractivity (Wildman–Crippen MR) is 122 cm³/mol. The quantitative estimate of drug-likeness (QED) is 0.714. The number of fused-ring (bicyclic) bond motifs is 1. The average Bonchev–Trinajstić information content (AvgIpc) is 3.23. The standard InChI is InChI=1S/C25H29N5O3/c1-17-19(2-3-20-21(17)15-33-24(20)32)22(31)14-29-8-4-25(5-9-29)6-10-30(11-7-25)23-12-18(13-26)27-16-28-23/h2-3,12,16,22,31H,4-11,14-15H2,1H3. The lowest BCUT2D eigenvalue weighted by Gasteiger charge is -2.47. The molecule has 1 N–H and O–H groups in total. The molecule has 0 aliphatic carbocycles. The molecule has 1 spiro atoms. The summed E-state index contributed by atoms with van der Waals surface area (Å²) in [5.41, 5.74) is 4.15. The molecule has 3 aliphatic rings. The molecule has 0 bridgehead atoms. The number of carbonyl (C=O) groups is 1. The van der Waals surface area contributed by atoms with Gasteiger partial charge in [-0.05, 0) is 68.3 Å². The number of ether oxygens (including phenoxy) is 1. The molecule has 33 heavy (non-hydrogen) atoms. The fourth-order valence-corrected chi connectivity index (χ4v) is 5.57. The van der Waals surface area contributed by atoms with E-state index >= 15 is 0 Å². The van der Waals surface area contributed by atoms with E-state index in [1.807, 2.05) is 13.0 Å². The minimum Gasteiger partial charge on any atom is -0.457 e. The van der Waals surface area contributed by atoms with Crippen LogP contribution in [-0.4, -0.2) is 58.7 Å². The average molecular weight is 448 g/mol. The van der Waals surface area contributed by atoms with Gasteiger partial charge in [-0.2, -0.15) is 5.26 Å². The van der Waals surface area contributed by atoms with Crippen molar-refractivity contribution < 1.29 is 14.6 Å². The van der Waals surface area contributed by atoms with Crippen LogP contribution in [0.25, 0.3) is 0 Å². The van der Waals surface area contributed by atoms with Crippen LogP contribution in [0.5, 0.6) is 0 Å². The smallest absolute Gasteiger partial charge is 0.338 e. The van der Waals surface area contributed by atoms with Crippen molar-refractivity contribution in [1.82, 2.24) is 14.9 Å². The zero-order chi connectivity index (χ0) is 23.0. The third-order valence-corrected chi connectivity index (χ3v) is 7.83. The van der Waals surface area contributed by atoms with Gasteiger partial charge < -0.3 is 19.6 Å². The maximum atomic E-state index is 11.8. The van der Waals surface area contributed by atoms with E-state index in [0.29, 0.717) is 29.8 Å². The number of aliphatic hydroxyl groups excluding tert-OH is 1. The van der Waals surface area contributed by atoms with Gasteiger partial charge >= 0.3 is 5.97 Å². The lowest BCUT2D eigenvalue weighted by Crippen LogP contribution is -2.47. The van der Waals surface area contributed by atoms with Crippen LogP contribution in [-0.2, 0) is 11.3 Å². The van der Waals surface area contributed by atoms with Crippen molar-refractivity contribution in [2.24, 2.45) is 5.41 Å². The number of hydrogen-bond acceptors (Lipinski definition) is 8. The van der Waals surface area contributed by atoms with Crippen molar-refractivity contribution in [2.75, 3.05) is 37.6 Å². The Hall–Kier alpha value is -3.02. The summed E-state index contributed by atoms with van der Waals surface area (Å²) in [6.07, 6.45) is 5.39. The zero-order valence-electron chi connectivity index (χ0n) is 19.0. The Bertz CT molecular complexity index is 1090. The molecule has 2 fully saturated rings. The van der Waals surface area contributed by atoms with Crippen molar-refractivity contribution in [1.29, 1.82) is 5.26 Å². The van der Waals surface area contributed by atoms with Crippen molar-refractivity contribution in [2.45, 2.75) is 45.3 Å². The Morgan fingerprint density at radius 1 is 1.18 bits per heavy atom. The Morgan fingerprint density at radius 2 is 1.91 bits per heavy atom. The molecule has 1 unspecified atom stereocenters. The summed E-state index contributed by atoms with van der Waals surface area (Å²) < 4.78 is 5.14. The molecule has 1 aromatic carbocycles. The van der Waals surface area contributed by atoms with Gasteiger partial charge in [-0.1, -0.05) is 6.07 Å². The van der Waals surface area contributed by atoms with E-state index in [2.05, 4.69) is 25.8 Å². The molecule has 1 atom stereocenters. The number of benzene rings is 1. The number of carbonyl (C=O) groups excluding carboxylic acids is 1. The van der Waals surface area contributed by atoms with Gasteiger partial charge in [-0.3, -0.25) is 0 Å². The van der Waals surface area contributed by atoms with Crippen LogP contribution in [0.4, 0.5) is 5.82 Å². The SMILES string of the molecule is Cc1c(C(O)CN2CCC3(CC2)CCN(c2cc(C#N)ncn2)CC3)ccc2c1COC2=O. The van der Waals surface area contributed by atoms with E-state index in [1.54, 1.807) is 12.1 Å². The van der Waals surface area contributed by atoms with E-state index in [-0.39, 0.29) is 5.97 Å². The molecule has 8 heteroatoms. The minimum atomic E-state index is -0.575. The maximum Gasteiger partial charge on any atom is 0.338 e. The first kappa shape index (κ1) is 21.8. The number of esters is 1. The Labute approximate surface area is 193 Å². The van der Waals surface area contributed by atoms with Crippen LogP contribution in [0.2, 0.25) is 0 Å². The largest absolute Gasteiger partial charge is 0.457 e. The Kier molecular flexibility index (Phi) is 5.77. The van der Waals surface area contributed by atoms with E-state index in [0.717, 1.165) is 74.4 Å². The first-order chi connectivity index (χ1) is 16.0. The Morgan fingerprint density at radius 3 is 2.64 bits per heavy atom. The van der Waals surface area contributed by atoms with Crippen molar-refractivity contribution >= 4 is 11.8 Å². The second-order valence-corrected chi connectivity index (χ2v) is 9.56. The van der Waals surface area contributed by atoms with Gasteiger partial charge in [0.25, 0.3) is 0 Å². The molecule has 4 heterocycles. The van der Waals surface area contributed by atoms with Gasteiger partial charge in [0.15, 0.2) is 0 Å². The minimum absolute atomic E-state index is 0.272. The molecule has 8 nitrogen and oxygen atoms in total. The lowest BCUT2D eigenvalue weighted by molar-refractivity contribution is 0.0447. The van der Waals surface area contributed by atoms with E-state index in [9.17, 15) is 9.90 Å². The third-order valence-electron chi connectivity index (χ3n) is 7.83. The molecule has 0 radical (unpaired) electrons. The van der Waals surface area contributed by atoms with Crippen molar-refractivity contribution in [3.8, 4) is 6.07 Å². The van der Waals surface area contributed by atoms with Crippen LogP contribution in [0, 0.1) is 23.7 Å². The number of hydrogen-bond donors (Lipinski definition) is 1. The fraction of sp³-hybridized carbons (Fsp3) is 0.520. The van der Waals surface area contributed by atoms with Crippen LogP contribution in [0.3, 0.4) is 0 Å². The third kappa shape index (κ3) is 4.19. The molecule has 3 aliphatic heterocycles. The van der Waals surface area contributed by atoms with Gasteiger partial charge in [-0.25, -0.2) is 14.8 Å². The summed E-state index contributed by atoms with van der Waals surface area (Å²) >= 11 is 0. The number of anilines is 1. The number of aliphatic hydroxyl groups is 1. The normalized spacial score (nSPS) is 20.9. The van der Waals surface area contributed by atoms with Crippen molar-refractivity contribution in [3.05, 3.63) is 52.5 Å². The fourth-order valence-electron chi connectivity index (χ4n) is 5.57. The topological polar surface area (TPSA) is 103 Å². The highest BCUT2D eigenvalue weighted by molar-refractivity contribution is 5.93. The summed E-state index contributed by atoms with van der Waals surface area (Å²) in [5.74, 6) is 0.570. The highest BCUT2D eigenvalue weighted by atomic mass is 16.5. The summed E-state index contributed by atoms with van der Waals surface area (Å²) in [4.78, 5) is 24.7. The van der Waals surface area contributed by atoms with E-state index in [4.69, 9.17) is 10.00 Å². The summed E-state index contributed by atoms with van der Waals surface area (Å²) in [7, 11) is 0. The predicted octanol–water partition coefficient (Wildman–Crippen LogP) is 2.74. The molecule has 5 rings (SSSR count). The monoisotopic (exact) mass is 447 g/mol. The molecule has 1 aromatic heterocycles. The number of rotatable bonds is 4. The molecular weight excluding hydrogens is 418 g/mol. The summed E-state index contributed by atoms with van der Waals surface area (Å²) in [6, 6.07) is 7.51. The van der Waals surface area contributed by atoms with Crippen LogP contribution in [0.15, 0.2) is 24.5 Å². The Balaban J connectivity index is 1.16. The maximum absolute atomic E-state index is 11.8. The second-order valence-electron chi connectivity index (χ2n) is 9.56. The second kappa shape index (κ2) is 8.73. The number of nitriles is 1. The zero-order valence-corrected chi connectivity index (χ0v) is 19.0. The van der Waals surface area contributed by atoms with Gasteiger partial charge in [0.2, 0.25) is 0 Å². The highest BCUT2D eigenvalue weighted by Crippen LogP contribution is 2.42. The van der Waals surface area contributed by atoms with Gasteiger partial charge in [0.1, 0.15) is 30.5 Å². The van der Waals surface area contributed by atoms with Crippen molar-refractivity contribution in [3.63, 3.8) is 0 Å². The molecule has 0 saturated carbocycles. The molecule has 172 valence electrons. The molecule has 2 saturated heterocycles. The number of aromatic nitrogens is 2. The number of β-amino-alcohol motifs (C(OH)–C–C–N with tert-alkyl or cyclic N) is 1. The van der Waals surface area contributed by atoms with E-state index in [1.165, 1.54) is 6.33 Å². The van der Waals surface area contributed by atoms with Gasteiger partial charge in [0.05, 0.1) is 11.7 Å². The van der Waals surface area contributed by atoms with Crippen LogP contribution >= 0.6 is 0 Å². The van der Waals surface area contributed by atoms with Crippen LogP contribution < -0.4 is 4.90 Å². The highest BCUT2D eigenvalue weighted by Gasteiger charge is 2.38. The summed E-state index contributed by atoms with van der Waals surface area (Å²) in [5, 5.41) is 20.0. The first-order valence-corrected chi connectivity index (χ1v) is 11.6. The summed E-state index contributed by atoms with van der Waals surface area (Å²) in [6.45, 7) is 6.73. The van der Waals surface area contributed by atoms with Crippen LogP contribution in [0.1, 0.15) is 64.5 Å².